The zero-order chi connectivity index (χ0) is 17.9. The third kappa shape index (κ3) is 3.71. The number of halogens is 2. The number of nitrogens with one attached hydrogen (secondary N) is 1. The predicted octanol–water partition coefficient (Wildman–Crippen LogP) is 5.01. The lowest BCUT2D eigenvalue weighted by molar-refractivity contribution is 0.0519. The fraction of sp³-hybridized carbons (Fsp3) is 0.222. The minimum atomic E-state index is -0.473. The van der Waals surface area contributed by atoms with Crippen molar-refractivity contribution in [1.29, 1.82) is 0 Å². The molecule has 0 atom stereocenters. The zero-order valence-electron chi connectivity index (χ0n) is 13.6. The van der Waals surface area contributed by atoms with E-state index in [4.69, 9.17) is 27.9 Å². The Bertz CT molecular complexity index is 822. The van der Waals surface area contributed by atoms with Crippen LogP contribution in [-0.2, 0) is 4.74 Å². The smallest absolute Gasteiger partial charge is 0.355 e. The minimum Gasteiger partial charge on any atom is -0.461 e. The lowest BCUT2D eigenvalue weighted by Crippen LogP contribution is -2.07. The van der Waals surface area contributed by atoms with Gasteiger partial charge in [-0.15, -0.1) is 0 Å². The maximum atomic E-state index is 12.5. The molecule has 1 heterocycles. The minimum absolute atomic E-state index is 0.229. The van der Waals surface area contributed by atoms with Gasteiger partial charge in [-0.05, 0) is 50.1 Å². The van der Waals surface area contributed by atoms with E-state index in [0.717, 1.165) is 0 Å². The number of carbonyl (C=O) groups excluding carboxylic acids is 2. The van der Waals surface area contributed by atoms with Crippen molar-refractivity contribution in [3.05, 3.63) is 62.4 Å². The molecule has 0 aliphatic heterocycles. The van der Waals surface area contributed by atoms with Crippen LogP contribution in [0.3, 0.4) is 0 Å². The monoisotopic (exact) mass is 365 g/mol. The van der Waals surface area contributed by atoms with Gasteiger partial charge in [-0.1, -0.05) is 35.3 Å². The van der Waals surface area contributed by atoms with Crippen molar-refractivity contribution < 1.29 is 14.3 Å². The quantitative estimate of drug-likeness (QED) is 0.460. The summed E-state index contributed by atoms with van der Waals surface area (Å²) < 4.78 is 4.98. The average Bonchev–Trinajstić information content (AvgIpc) is 2.83. The number of H-pyrrole nitrogens is 1. The molecular weight excluding hydrogens is 349 g/mol. The molecule has 1 aromatic heterocycles. The highest BCUT2D eigenvalue weighted by molar-refractivity contribution is 6.42. The molecule has 24 heavy (non-hydrogen) atoms. The van der Waals surface area contributed by atoms with E-state index in [2.05, 4.69) is 4.98 Å². The molecule has 126 valence electrons. The summed E-state index contributed by atoms with van der Waals surface area (Å²) >= 11 is 12.1. The van der Waals surface area contributed by atoms with Gasteiger partial charge in [0.15, 0.2) is 5.78 Å². The van der Waals surface area contributed by atoms with Crippen molar-refractivity contribution >= 4 is 41.0 Å². The van der Waals surface area contributed by atoms with Crippen molar-refractivity contribution in [2.45, 2.75) is 20.8 Å². The maximum absolute atomic E-state index is 12.5. The number of esters is 1. The molecule has 0 saturated carbocycles. The standard InChI is InChI=1S/C18H17Cl2NO3/c1-4-24-18(23)17-10(2)15(11(3)21-17)14(22)9-8-12-6-5-7-13(19)16(12)20/h5-9,21H,4H2,1-3H3/b9-8+. The highest BCUT2D eigenvalue weighted by atomic mass is 35.5. The molecule has 0 radical (unpaired) electrons. The van der Waals surface area contributed by atoms with Crippen molar-refractivity contribution in [1.82, 2.24) is 4.98 Å². The normalized spacial score (nSPS) is 11.0. The SMILES string of the molecule is CCOC(=O)c1[nH]c(C)c(C(=O)/C=C/c2cccc(Cl)c2Cl)c1C. The molecule has 1 N–H and O–H groups in total. The second-order valence-corrected chi connectivity index (χ2v) is 5.97. The molecule has 0 bridgehead atoms. The van der Waals surface area contributed by atoms with Gasteiger partial charge in [-0.25, -0.2) is 4.79 Å². The van der Waals surface area contributed by atoms with Gasteiger partial charge in [0.1, 0.15) is 5.69 Å². The number of ether oxygens (including phenoxy) is 1. The van der Waals surface area contributed by atoms with Gasteiger partial charge in [0.25, 0.3) is 0 Å². The van der Waals surface area contributed by atoms with E-state index >= 15 is 0 Å². The van der Waals surface area contributed by atoms with Crippen molar-refractivity contribution in [2.24, 2.45) is 0 Å². The Labute approximate surface area is 150 Å². The van der Waals surface area contributed by atoms with Gasteiger partial charge in [-0.3, -0.25) is 4.79 Å². The average molecular weight is 366 g/mol. The second-order valence-electron chi connectivity index (χ2n) is 5.19. The van der Waals surface area contributed by atoms with Gasteiger partial charge < -0.3 is 9.72 Å². The van der Waals surface area contributed by atoms with E-state index in [1.807, 2.05) is 0 Å². The first-order chi connectivity index (χ1) is 11.4. The van der Waals surface area contributed by atoms with Crippen LogP contribution in [0.4, 0.5) is 0 Å². The van der Waals surface area contributed by atoms with Crippen LogP contribution in [0, 0.1) is 13.8 Å². The second kappa shape index (κ2) is 7.69. The summed E-state index contributed by atoms with van der Waals surface area (Å²) in [7, 11) is 0. The number of allylic oxidation sites excluding steroid dienone is 1. The van der Waals surface area contributed by atoms with Crippen LogP contribution in [0.15, 0.2) is 24.3 Å². The molecule has 0 fully saturated rings. The van der Waals surface area contributed by atoms with E-state index in [9.17, 15) is 9.59 Å². The van der Waals surface area contributed by atoms with E-state index in [1.165, 1.54) is 6.08 Å². The molecular formula is C18H17Cl2NO3. The zero-order valence-corrected chi connectivity index (χ0v) is 15.1. The number of benzene rings is 1. The number of aryl methyl sites for hydroxylation is 1. The van der Waals surface area contributed by atoms with Crippen LogP contribution in [0.1, 0.15) is 44.6 Å². The number of rotatable bonds is 5. The van der Waals surface area contributed by atoms with Crippen LogP contribution in [-0.4, -0.2) is 23.3 Å². The summed E-state index contributed by atoms with van der Waals surface area (Å²) in [6.07, 6.45) is 3.02. The van der Waals surface area contributed by atoms with Crippen LogP contribution in [0.5, 0.6) is 0 Å². The molecule has 0 unspecified atom stereocenters. The fourth-order valence-electron chi connectivity index (χ4n) is 2.42. The molecule has 6 heteroatoms. The number of aromatic amines is 1. The number of ketones is 1. The Kier molecular flexibility index (Phi) is 5.86. The Morgan fingerprint density at radius 1 is 1.25 bits per heavy atom. The summed E-state index contributed by atoms with van der Waals surface area (Å²) in [4.78, 5) is 27.3. The summed E-state index contributed by atoms with van der Waals surface area (Å²) in [6.45, 7) is 5.45. The molecule has 4 nitrogen and oxygen atoms in total. The highest BCUT2D eigenvalue weighted by Crippen LogP contribution is 2.27. The molecule has 0 aliphatic carbocycles. The molecule has 2 rings (SSSR count). The predicted molar refractivity (Wildman–Crippen MR) is 96.0 cm³/mol. The molecule has 0 spiro atoms. The van der Waals surface area contributed by atoms with Gasteiger partial charge in [0, 0.05) is 11.3 Å². The molecule has 2 aromatic rings. The van der Waals surface area contributed by atoms with Gasteiger partial charge in [0.2, 0.25) is 0 Å². The topological polar surface area (TPSA) is 59.2 Å². The Morgan fingerprint density at radius 3 is 2.62 bits per heavy atom. The first-order valence-electron chi connectivity index (χ1n) is 7.39. The van der Waals surface area contributed by atoms with E-state index < -0.39 is 5.97 Å². The summed E-state index contributed by atoms with van der Waals surface area (Å²) in [5, 5.41) is 0.808. The molecule has 1 aromatic carbocycles. The van der Waals surface area contributed by atoms with E-state index in [0.29, 0.717) is 38.1 Å². The van der Waals surface area contributed by atoms with Crippen LogP contribution in [0.25, 0.3) is 6.08 Å². The fourth-order valence-corrected chi connectivity index (χ4v) is 2.80. The molecule has 0 aliphatic rings. The third-order valence-electron chi connectivity index (χ3n) is 3.56. The maximum Gasteiger partial charge on any atom is 0.355 e. The summed E-state index contributed by atoms with van der Waals surface area (Å²) in [5.74, 6) is -0.702. The molecule has 0 amide bonds. The largest absolute Gasteiger partial charge is 0.461 e. The third-order valence-corrected chi connectivity index (χ3v) is 4.39. The van der Waals surface area contributed by atoms with Crippen LogP contribution >= 0.6 is 23.2 Å². The van der Waals surface area contributed by atoms with Crippen LogP contribution < -0.4 is 0 Å². The summed E-state index contributed by atoms with van der Waals surface area (Å²) in [5.41, 5.74) is 2.58. The Balaban J connectivity index is 2.32. The number of hydrogen-bond donors (Lipinski definition) is 1. The van der Waals surface area contributed by atoms with Gasteiger partial charge in [0.05, 0.1) is 16.7 Å². The van der Waals surface area contributed by atoms with Crippen molar-refractivity contribution in [3.63, 3.8) is 0 Å². The lowest BCUT2D eigenvalue weighted by Gasteiger charge is -2.01. The van der Waals surface area contributed by atoms with Crippen LogP contribution in [0.2, 0.25) is 10.0 Å². The highest BCUT2D eigenvalue weighted by Gasteiger charge is 2.21. The van der Waals surface area contributed by atoms with E-state index in [1.54, 1.807) is 45.0 Å². The first-order valence-corrected chi connectivity index (χ1v) is 8.15. The Hall–Kier alpha value is -2.04. The van der Waals surface area contributed by atoms with E-state index in [-0.39, 0.29) is 12.4 Å². The number of carbonyl (C=O) groups is 2. The summed E-state index contributed by atoms with van der Waals surface area (Å²) in [6, 6.07) is 5.19. The lowest BCUT2D eigenvalue weighted by atomic mass is 10.0. The number of hydrogen-bond acceptors (Lipinski definition) is 3. The first kappa shape index (κ1) is 18.3. The van der Waals surface area contributed by atoms with Crippen molar-refractivity contribution in [2.75, 3.05) is 6.61 Å². The number of aromatic nitrogens is 1. The Morgan fingerprint density at radius 2 is 1.96 bits per heavy atom. The van der Waals surface area contributed by atoms with Gasteiger partial charge >= 0.3 is 5.97 Å². The molecule has 0 saturated heterocycles. The van der Waals surface area contributed by atoms with Crippen molar-refractivity contribution in [3.8, 4) is 0 Å². The van der Waals surface area contributed by atoms with Gasteiger partial charge in [-0.2, -0.15) is 0 Å².